The van der Waals surface area contributed by atoms with Crippen molar-refractivity contribution in [2.75, 3.05) is 15.9 Å². The normalized spacial score (nSPS) is 11.3. The van der Waals surface area contributed by atoms with Crippen LogP contribution in [0.25, 0.3) is 0 Å². The minimum atomic E-state index is -3.65. The summed E-state index contributed by atoms with van der Waals surface area (Å²) >= 11 is 12.5. The number of benzene rings is 3. The van der Waals surface area contributed by atoms with Crippen LogP contribution in [0.4, 0.5) is 11.4 Å². The van der Waals surface area contributed by atoms with Gasteiger partial charge in [-0.1, -0.05) is 41.4 Å². The van der Waals surface area contributed by atoms with E-state index in [0.717, 1.165) is 6.26 Å². The highest BCUT2D eigenvalue weighted by molar-refractivity contribution is 7.92. The van der Waals surface area contributed by atoms with E-state index in [4.69, 9.17) is 27.9 Å². The average Bonchev–Trinajstić information content (AvgIpc) is 2.74. The van der Waals surface area contributed by atoms with E-state index in [0.29, 0.717) is 38.3 Å². The fourth-order valence-corrected chi connectivity index (χ4v) is 4.51. The molecule has 1 N–H and O–H groups in total. The predicted octanol–water partition coefficient (Wildman–Crippen LogP) is 6.00. The zero-order valence-electron chi connectivity index (χ0n) is 18.4. The zero-order valence-corrected chi connectivity index (χ0v) is 20.7. The van der Waals surface area contributed by atoms with Gasteiger partial charge in [-0.15, -0.1) is 0 Å². The van der Waals surface area contributed by atoms with E-state index in [1.54, 1.807) is 60.7 Å². The highest BCUT2D eigenvalue weighted by Gasteiger charge is 2.21. The first-order chi connectivity index (χ1) is 15.6. The molecule has 3 aromatic rings. The SMILES string of the molecule is CC(C)Oc1ccccc1NC(=O)c1ccc(N(Cc2c(Cl)cccc2Cl)S(C)(=O)=O)cc1. The number of carbonyl (C=O) groups excluding carboxylic acids is 1. The quantitative estimate of drug-likeness (QED) is 0.406. The van der Waals surface area contributed by atoms with Crippen LogP contribution in [0.5, 0.6) is 5.75 Å². The van der Waals surface area contributed by atoms with E-state index >= 15 is 0 Å². The van der Waals surface area contributed by atoms with Gasteiger partial charge in [-0.25, -0.2) is 8.42 Å². The Kier molecular flexibility index (Phi) is 7.89. The Balaban J connectivity index is 1.84. The van der Waals surface area contributed by atoms with Gasteiger partial charge in [-0.2, -0.15) is 0 Å². The van der Waals surface area contributed by atoms with Gasteiger partial charge in [-0.3, -0.25) is 9.10 Å². The molecule has 0 aliphatic rings. The van der Waals surface area contributed by atoms with Gasteiger partial charge in [0.15, 0.2) is 0 Å². The smallest absolute Gasteiger partial charge is 0.255 e. The number of anilines is 2. The number of sulfonamides is 1. The number of ether oxygens (including phenoxy) is 1. The number of hydrogen-bond acceptors (Lipinski definition) is 4. The molecule has 0 atom stereocenters. The van der Waals surface area contributed by atoms with Gasteiger partial charge in [0.05, 0.1) is 30.3 Å². The molecular formula is C24H24Cl2N2O4S. The maximum Gasteiger partial charge on any atom is 0.255 e. The molecule has 3 rings (SSSR count). The molecule has 0 saturated heterocycles. The van der Waals surface area contributed by atoms with Crippen molar-refractivity contribution in [1.82, 2.24) is 0 Å². The number of halogens is 2. The molecule has 0 aromatic heterocycles. The maximum atomic E-state index is 12.8. The van der Waals surface area contributed by atoms with E-state index in [9.17, 15) is 13.2 Å². The third kappa shape index (κ3) is 6.41. The molecule has 3 aromatic carbocycles. The monoisotopic (exact) mass is 506 g/mol. The average molecular weight is 507 g/mol. The Labute approximate surface area is 204 Å². The summed E-state index contributed by atoms with van der Waals surface area (Å²) < 4.78 is 31.9. The molecule has 0 radical (unpaired) electrons. The molecule has 0 heterocycles. The first-order valence-corrected chi connectivity index (χ1v) is 12.7. The van der Waals surface area contributed by atoms with Gasteiger partial charge in [0.2, 0.25) is 10.0 Å². The van der Waals surface area contributed by atoms with Gasteiger partial charge < -0.3 is 10.1 Å². The van der Waals surface area contributed by atoms with Crippen molar-refractivity contribution in [1.29, 1.82) is 0 Å². The van der Waals surface area contributed by atoms with Crippen LogP contribution in [0.3, 0.4) is 0 Å². The number of amides is 1. The predicted molar refractivity (Wildman–Crippen MR) is 134 cm³/mol. The molecule has 174 valence electrons. The van der Waals surface area contributed by atoms with Gasteiger partial charge >= 0.3 is 0 Å². The van der Waals surface area contributed by atoms with Crippen molar-refractivity contribution in [2.45, 2.75) is 26.5 Å². The summed E-state index contributed by atoms with van der Waals surface area (Å²) in [7, 11) is -3.65. The molecule has 0 unspecified atom stereocenters. The summed E-state index contributed by atoms with van der Waals surface area (Å²) in [5, 5.41) is 3.57. The molecule has 0 spiro atoms. The number of carbonyl (C=O) groups is 1. The number of nitrogens with zero attached hydrogens (tertiary/aromatic N) is 1. The highest BCUT2D eigenvalue weighted by Crippen LogP contribution is 2.30. The highest BCUT2D eigenvalue weighted by atomic mass is 35.5. The number of nitrogens with one attached hydrogen (secondary N) is 1. The summed E-state index contributed by atoms with van der Waals surface area (Å²) in [6.07, 6.45) is 1.06. The van der Waals surface area contributed by atoms with Gasteiger partial charge in [0.25, 0.3) is 5.91 Å². The second-order valence-corrected chi connectivity index (χ2v) is 10.4. The first-order valence-electron chi connectivity index (χ1n) is 10.1. The van der Waals surface area contributed by atoms with Gasteiger partial charge in [-0.05, 0) is 62.4 Å². The fourth-order valence-electron chi connectivity index (χ4n) is 3.13. The minimum Gasteiger partial charge on any atom is -0.489 e. The summed E-state index contributed by atoms with van der Waals surface area (Å²) in [6.45, 7) is 3.77. The lowest BCUT2D eigenvalue weighted by molar-refractivity contribution is 0.102. The van der Waals surface area contributed by atoms with Crippen molar-refractivity contribution in [2.24, 2.45) is 0 Å². The van der Waals surface area contributed by atoms with Crippen LogP contribution >= 0.6 is 23.2 Å². The number of rotatable bonds is 8. The largest absolute Gasteiger partial charge is 0.489 e. The van der Waals surface area contributed by atoms with E-state index < -0.39 is 10.0 Å². The summed E-state index contributed by atoms with van der Waals surface area (Å²) in [5.41, 5.74) is 1.79. The molecule has 1 amide bonds. The molecule has 0 aliphatic carbocycles. The molecule has 9 heteroatoms. The fraction of sp³-hybridized carbons (Fsp3) is 0.208. The molecule has 0 fully saturated rings. The summed E-state index contributed by atoms with van der Waals surface area (Å²) in [5.74, 6) is 0.221. The van der Waals surface area contributed by atoms with Crippen LogP contribution in [0, 0.1) is 0 Å². The van der Waals surface area contributed by atoms with Crippen molar-refractivity contribution < 1.29 is 17.9 Å². The van der Waals surface area contributed by atoms with E-state index in [-0.39, 0.29) is 18.6 Å². The van der Waals surface area contributed by atoms with Crippen LogP contribution in [0.15, 0.2) is 66.7 Å². The molecule has 33 heavy (non-hydrogen) atoms. The summed E-state index contributed by atoms with van der Waals surface area (Å²) in [4.78, 5) is 12.8. The zero-order chi connectivity index (χ0) is 24.2. The third-order valence-electron chi connectivity index (χ3n) is 4.68. The second kappa shape index (κ2) is 10.5. The maximum absolute atomic E-state index is 12.8. The van der Waals surface area contributed by atoms with Crippen LogP contribution in [-0.4, -0.2) is 26.7 Å². The number of para-hydroxylation sites is 2. The van der Waals surface area contributed by atoms with Crippen molar-refractivity contribution in [3.05, 3.63) is 87.9 Å². The Morgan fingerprint density at radius 2 is 1.58 bits per heavy atom. The van der Waals surface area contributed by atoms with Crippen molar-refractivity contribution in [3.8, 4) is 5.75 Å². The lowest BCUT2D eigenvalue weighted by atomic mass is 10.1. The van der Waals surface area contributed by atoms with Gasteiger partial charge in [0.1, 0.15) is 5.75 Å². The van der Waals surface area contributed by atoms with Crippen molar-refractivity contribution >= 4 is 50.5 Å². The molecule has 0 saturated carbocycles. The third-order valence-corrected chi connectivity index (χ3v) is 6.53. The van der Waals surface area contributed by atoms with E-state index in [1.165, 1.54) is 4.31 Å². The Bertz CT molecular complexity index is 1230. The Hall–Kier alpha value is -2.74. The van der Waals surface area contributed by atoms with E-state index in [1.807, 2.05) is 19.9 Å². The van der Waals surface area contributed by atoms with Crippen LogP contribution in [-0.2, 0) is 16.6 Å². The standard InChI is InChI=1S/C24H24Cl2N2O4S/c1-16(2)32-23-10-5-4-9-22(23)27-24(29)17-11-13-18(14-12-17)28(33(3,30)31)15-19-20(25)7-6-8-21(19)26/h4-14,16H,15H2,1-3H3,(H,27,29). The van der Waals surface area contributed by atoms with Crippen molar-refractivity contribution in [3.63, 3.8) is 0 Å². The Morgan fingerprint density at radius 3 is 2.15 bits per heavy atom. The topological polar surface area (TPSA) is 75.7 Å². The molecule has 0 bridgehead atoms. The second-order valence-electron chi connectivity index (χ2n) is 7.63. The molecular weight excluding hydrogens is 483 g/mol. The first kappa shape index (κ1) is 24.9. The lowest BCUT2D eigenvalue weighted by Crippen LogP contribution is -2.29. The van der Waals surface area contributed by atoms with Crippen LogP contribution in [0.2, 0.25) is 10.0 Å². The number of hydrogen-bond donors (Lipinski definition) is 1. The summed E-state index contributed by atoms with van der Waals surface area (Å²) in [6, 6.07) is 18.4. The minimum absolute atomic E-state index is 0.0389. The van der Waals surface area contributed by atoms with Crippen LogP contribution < -0.4 is 14.4 Å². The van der Waals surface area contributed by atoms with Crippen LogP contribution in [0.1, 0.15) is 29.8 Å². The Morgan fingerprint density at radius 1 is 0.970 bits per heavy atom. The molecule has 0 aliphatic heterocycles. The van der Waals surface area contributed by atoms with E-state index in [2.05, 4.69) is 5.32 Å². The van der Waals surface area contributed by atoms with Gasteiger partial charge in [0, 0.05) is 21.2 Å². The molecule has 6 nitrogen and oxygen atoms in total. The lowest BCUT2D eigenvalue weighted by Gasteiger charge is -2.24.